The Kier molecular flexibility index (Phi) is 55.0. The molecule has 0 saturated carbocycles. The summed E-state index contributed by atoms with van der Waals surface area (Å²) < 4.78 is 30.3. The Morgan fingerprint density at radius 2 is 0.810 bits per heavy atom. The van der Waals surface area contributed by atoms with Gasteiger partial charge in [-0.25, -0.2) is 0 Å². The molecule has 0 rings (SSSR count). The van der Waals surface area contributed by atoms with Crippen LogP contribution in [0, 0.1) is 0 Å². The molecule has 0 aromatic carbocycles. The maximum absolute atomic E-state index is 13.5. The average Bonchev–Trinajstić information content (AvgIpc) is 3.41. The lowest BCUT2D eigenvalue weighted by molar-refractivity contribution is -0.870. The monoisotopic (exact) mass is 1120 g/mol. The number of phosphoric acid groups is 1. The standard InChI is InChI=1S/C69H119N2O7P/c1-7-10-13-16-19-22-25-28-30-31-32-33-34-35-36-37-38-39-40-41-42-44-47-50-53-56-59-62-69(73)78-67(60-57-54-51-48-45-27-24-21-18-15-12-9-3)66(65-77-79(74,75)76-64-63-71(4,5)6)70-68(72)61-58-55-52-49-46-43-29-26-23-20-17-14-11-8-2/h10-11,13-14,19-20,22-23,28-30,32-33,35-36,38-39,43,57,60,66-67H,7-9,12,15-18,21,24-27,31,34,37,40-42,44-56,58-59,61-65H2,1-6H3,(H-,70,72,74,75)/b13-10-,14-11+,22-19-,23-20+,30-28-,33-32-,36-35-,39-38-,43-29+,60-57-. The lowest BCUT2D eigenvalue weighted by Gasteiger charge is -2.30. The SMILES string of the molecule is CC/C=C\C/C=C\C/C=C\C/C=C\C/C=C\C/C=C\CCCCCCCCCCC(=O)OC(/C=C\CCCCCCCCCCCC)C(COP(=O)([O-])OCC[N+](C)(C)C)NC(=O)CCCCCC/C=C/C/C=C/C/C=C/CC. The number of hydrogen-bond donors (Lipinski definition) is 1. The van der Waals surface area contributed by atoms with Crippen molar-refractivity contribution in [1.82, 2.24) is 5.32 Å². The van der Waals surface area contributed by atoms with Gasteiger partial charge in [0.1, 0.15) is 19.3 Å². The van der Waals surface area contributed by atoms with Crippen LogP contribution < -0.4 is 10.2 Å². The van der Waals surface area contributed by atoms with E-state index in [1.165, 1.54) is 77.0 Å². The fourth-order valence-corrected chi connectivity index (χ4v) is 9.26. The van der Waals surface area contributed by atoms with E-state index < -0.39 is 26.6 Å². The quantitative estimate of drug-likeness (QED) is 0.0212. The first kappa shape index (κ1) is 75.4. The Morgan fingerprint density at radius 1 is 0.456 bits per heavy atom. The Morgan fingerprint density at radius 3 is 1.22 bits per heavy atom. The number of phosphoric ester groups is 1. The van der Waals surface area contributed by atoms with Crippen molar-refractivity contribution in [3.63, 3.8) is 0 Å². The van der Waals surface area contributed by atoms with Gasteiger partial charge < -0.3 is 28.5 Å². The largest absolute Gasteiger partial charge is 0.756 e. The maximum atomic E-state index is 13.5. The highest BCUT2D eigenvalue weighted by Gasteiger charge is 2.27. The number of esters is 1. The molecule has 0 radical (unpaired) electrons. The number of nitrogens with one attached hydrogen (secondary N) is 1. The molecule has 1 amide bonds. The summed E-state index contributed by atoms with van der Waals surface area (Å²) in [6, 6.07) is -0.911. The van der Waals surface area contributed by atoms with Gasteiger partial charge in [0.15, 0.2) is 0 Å². The van der Waals surface area contributed by atoms with Crippen molar-refractivity contribution in [2.75, 3.05) is 40.9 Å². The molecule has 0 fully saturated rings. The third-order valence-corrected chi connectivity index (χ3v) is 14.4. The molecule has 9 nitrogen and oxygen atoms in total. The molecule has 1 N–H and O–H groups in total. The summed E-state index contributed by atoms with van der Waals surface area (Å²) in [5.41, 5.74) is 0. The van der Waals surface area contributed by atoms with E-state index in [-0.39, 0.29) is 31.3 Å². The second-order valence-electron chi connectivity index (χ2n) is 22.1. The highest BCUT2D eigenvalue weighted by molar-refractivity contribution is 7.45. The highest BCUT2D eigenvalue weighted by atomic mass is 31.2. The van der Waals surface area contributed by atoms with E-state index in [4.69, 9.17) is 13.8 Å². The van der Waals surface area contributed by atoms with Crippen molar-refractivity contribution in [2.24, 2.45) is 0 Å². The zero-order valence-electron chi connectivity index (χ0n) is 51.5. The molecule has 3 atom stereocenters. The molecule has 0 heterocycles. The molecular formula is C69H119N2O7P. The minimum absolute atomic E-state index is 0.0344. The number of unbranched alkanes of at least 4 members (excludes halogenated alkanes) is 22. The zero-order chi connectivity index (χ0) is 57.9. The molecule has 452 valence electrons. The molecule has 0 aliphatic carbocycles. The van der Waals surface area contributed by atoms with Gasteiger partial charge in [0.2, 0.25) is 5.91 Å². The molecule has 79 heavy (non-hydrogen) atoms. The van der Waals surface area contributed by atoms with Crippen LogP contribution in [-0.2, 0) is 27.9 Å². The Balaban J connectivity index is 5.16. The zero-order valence-corrected chi connectivity index (χ0v) is 52.4. The summed E-state index contributed by atoms with van der Waals surface area (Å²) in [4.78, 5) is 40.0. The molecule has 0 aromatic heterocycles. The molecule has 0 bridgehead atoms. The van der Waals surface area contributed by atoms with Crippen LogP contribution in [0.15, 0.2) is 122 Å². The van der Waals surface area contributed by atoms with Gasteiger partial charge in [-0.05, 0) is 115 Å². The number of quaternary nitrogens is 1. The van der Waals surface area contributed by atoms with E-state index in [2.05, 4.69) is 135 Å². The predicted molar refractivity (Wildman–Crippen MR) is 339 cm³/mol. The van der Waals surface area contributed by atoms with E-state index in [1.807, 2.05) is 33.3 Å². The van der Waals surface area contributed by atoms with E-state index >= 15 is 0 Å². The predicted octanol–water partition coefficient (Wildman–Crippen LogP) is 19.3. The van der Waals surface area contributed by atoms with Gasteiger partial charge in [0.05, 0.1) is 33.8 Å². The van der Waals surface area contributed by atoms with Crippen LogP contribution in [0.2, 0.25) is 0 Å². The summed E-state index contributed by atoms with van der Waals surface area (Å²) in [5.74, 6) is -0.584. The number of likely N-dealkylation sites (N-methyl/N-ethyl adjacent to an activating group) is 1. The second-order valence-corrected chi connectivity index (χ2v) is 23.6. The molecule has 0 aliphatic rings. The number of nitrogens with zero attached hydrogens (tertiary/aromatic N) is 1. The number of carbonyl (C=O) groups excluding carboxylic acids is 2. The van der Waals surface area contributed by atoms with Crippen LogP contribution in [0.25, 0.3) is 0 Å². The fraction of sp³-hybridized carbons (Fsp3) is 0.681. The number of allylic oxidation sites excluding steroid dienone is 19. The molecule has 0 aromatic rings. The number of amides is 1. The Labute approximate surface area is 486 Å². The van der Waals surface area contributed by atoms with Crippen LogP contribution in [0.5, 0.6) is 0 Å². The van der Waals surface area contributed by atoms with E-state index in [9.17, 15) is 19.0 Å². The van der Waals surface area contributed by atoms with Crippen molar-refractivity contribution in [3.8, 4) is 0 Å². The normalized spacial score (nSPS) is 14.5. The third-order valence-electron chi connectivity index (χ3n) is 13.4. The minimum Gasteiger partial charge on any atom is -0.756 e. The van der Waals surface area contributed by atoms with Gasteiger partial charge in [-0.1, -0.05) is 245 Å². The molecule has 3 unspecified atom stereocenters. The van der Waals surface area contributed by atoms with Gasteiger partial charge in [-0.15, -0.1) is 0 Å². The number of hydrogen-bond acceptors (Lipinski definition) is 7. The summed E-state index contributed by atoms with van der Waals surface area (Å²) in [6.45, 7) is 6.58. The minimum atomic E-state index is -4.71. The topological polar surface area (TPSA) is 114 Å². The van der Waals surface area contributed by atoms with Gasteiger partial charge in [0, 0.05) is 12.8 Å². The van der Waals surface area contributed by atoms with E-state index in [0.717, 1.165) is 128 Å². The van der Waals surface area contributed by atoms with Crippen molar-refractivity contribution in [1.29, 1.82) is 0 Å². The van der Waals surface area contributed by atoms with Crippen LogP contribution in [0.4, 0.5) is 0 Å². The van der Waals surface area contributed by atoms with Crippen LogP contribution in [-0.4, -0.2) is 69.4 Å². The smallest absolute Gasteiger partial charge is 0.306 e. The average molecular weight is 1120 g/mol. The second kappa shape index (κ2) is 57.6. The number of carbonyl (C=O) groups is 2. The Hall–Kier alpha value is -3.59. The molecule has 0 spiro atoms. The van der Waals surface area contributed by atoms with Gasteiger partial charge in [0.25, 0.3) is 7.82 Å². The lowest BCUT2D eigenvalue weighted by atomic mass is 10.0. The summed E-state index contributed by atoms with van der Waals surface area (Å²) in [7, 11) is 1.15. The highest BCUT2D eigenvalue weighted by Crippen LogP contribution is 2.38. The maximum Gasteiger partial charge on any atom is 0.306 e. The third kappa shape index (κ3) is 58.9. The number of ether oxygens (including phenoxy) is 1. The van der Waals surface area contributed by atoms with Crippen molar-refractivity contribution < 1.29 is 37.3 Å². The van der Waals surface area contributed by atoms with Crippen LogP contribution in [0.3, 0.4) is 0 Å². The van der Waals surface area contributed by atoms with Crippen LogP contribution in [0.1, 0.15) is 252 Å². The first-order valence-corrected chi connectivity index (χ1v) is 33.3. The Bertz CT molecular complexity index is 1770. The van der Waals surface area contributed by atoms with Crippen molar-refractivity contribution in [3.05, 3.63) is 122 Å². The summed E-state index contributed by atoms with van der Waals surface area (Å²) >= 11 is 0. The summed E-state index contributed by atoms with van der Waals surface area (Å²) in [6.07, 6.45) is 80.3. The molecular weight excluding hydrogens is 1000 g/mol. The molecule has 10 heteroatoms. The molecule has 0 aliphatic heterocycles. The van der Waals surface area contributed by atoms with E-state index in [0.29, 0.717) is 23.9 Å². The summed E-state index contributed by atoms with van der Waals surface area (Å²) in [5, 5.41) is 3.01. The van der Waals surface area contributed by atoms with E-state index in [1.54, 1.807) is 0 Å². The van der Waals surface area contributed by atoms with Gasteiger partial charge in [-0.3, -0.25) is 14.2 Å². The lowest BCUT2D eigenvalue weighted by Crippen LogP contribution is -2.47. The first-order chi connectivity index (χ1) is 38.4. The van der Waals surface area contributed by atoms with Crippen molar-refractivity contribution in [2.45, 2.75) is 264 Å². The van der Waals surface area contributed by atoms with Gasteiger partial charge >= 0.3 is 5.97 Å². The van der Waals surface area contributed by atoms with Gasteiger partial charge in [-0.2, -0.15) is 0 Å². The van der Waals surface area contributed by atoms with Crippen LogP contribution >= 0.6 is 7.82 Å². The van der Waals surface area contributed by atoms with Crippen molar-refractivity contribution >= 4 is 19.7 Å². The fourth-order valence-electron chi connectivity index (χ4n) is 8.54. The first-order valence-electron chi connectivity index (χ1n) is 31.8. The molecule has 0 saturated heterocycles. The number of rotatable bonds is 56.